The smallest absolute Gasteiger partial charge is 0.355 e. The summed E-state index contributed by atoms with van der Waals surface area (Å²) in [6, 6.07) is 12.8. The number of halogens is 4. The monoisotopic (exact) mass is 408 g/mol. The van der Waals surface area contributed by atoms with E-state index in [9.17, 15) is 18.0 Å². The van der Waals surface area contributed by atoms with E-state index in [1.165, 1.54) is 7.05 Å². The number of carbonyl (C=O) groups excluding carboxylic acids is 1. The third-order valence-corrected chi connectivity index (χ3v) is 4.29. The van der Waals surface area contributed by atoms with Gasteiger partial charge in [-0.15, -0.1) is 0 Å². The molecule has 0 spiro atoms. The number of carbonyl (C=O) groups is 1. The molecule has 1 heterocycles. The molecule has 9 heteroatoms. The number of anilines is 3. The van der Waals surface area contributed by atoms with Crippen molar-refractivity contribution in [3.63, 3.8) is 0 Å². The zero-order valence-electron chi connectivity index (χ0n) is 14.9. The van der Waals surface area contributed by atoms with Crippen molar-refractivity contribution in [3.8, 4) is 0 Å². The molecule has 28 heavy (non-hydrogen) atoms. The molecule has 0 aliphatic carbocycles. The fourth-order valence-electron chi connectivity index (χ4n) is 2.57. The van der Waals surface area contributed by atoms with Crippen LogP contribution in [0.1, 0.15) is 21.6 Å². The molecule has 1 amide bonds. The third-order valence-electron chi connectivity index (χ3n) is 4.05. The highest BCUT2D eigenvalue weighted by Crippen LogP contribution is 2.30. The molecule has 0 aliphatic heterocycles. The van der Waals surface area contributed by atoms with E-state index in [0.29, 0.717) is 16.4 Å². The fraction of sp³-hybridized carbons (Fsp3) is 0.158. The van der Waals surface area contributed by atoms with Crippen molar-refractivity contribution in [2.45, 2.75) is 13.1 Å². The Kier molecular flexibility index (Phi) is 5.33. The molecular weight excluding hydrogens is 393 g/mol. The van der Waals surface area contributed by atoms with E-state index < -0.39 is 17.8 Å². The number of hydrogen-bond donors (Lipinski definition) is 2. The van der Waals surface area contributed by atoms with Crippen molar-refractivity contribution in [1.82, 2.24) is 9.78 Å². The van der Waals surface area contributed by atoms with Crippen LogP contribution >= 0.6 is 11.6 Å². The fourth-order valence-corrected chi connectivity index (χ4v) is 2.74. The molecule has 3 aromatic rings. The van der Waals surface area contributed by atoms with Crippen LogP contribution in [-0.2, 0) is 13.2 Å². The van der Waals surface area contributed by atoms with Crippen LogP contribution in [0.15, 0.2) is 48.5 Å². The maximum atomic E-state index is 12.8. The quantitative estimate of drug-likeness (QED) is 0.608. The summed E-state index contributed by atoms with van der Waals surface area (Å²) in [6.45, 7) is 1.88. The number of nitrogens with one attached hydrogen (secondary N) is 2. The highest BCUT2D eigenvalue weighted by atomic mass is 35.5. The minimum atomic E-state index is -4.59. The summed E-state index contributed by atoms with van der Waals surface area (Å²) in [5.41, 5.74) is 1.31. The summed E-state index contributed by atoms with van der Waals surface area (Å²) in [6.07, 6.45) is -4.59. The van der Waals surface area contributed by atoms with Crippen LogP contribution in [0.3, 0.4) is 0 Å². The summed E-state index contributed by atoms with van der Waals surface area (Å²) in [4.78, 5) is 12.7. The van der Waals surface area contributed by atoms with Gasteiger partial charge in [0.1, 0.15) is 5.82 Å². The second-order valence-corrected chi connectivity index (χ2v) is 6.56. The SMILES string of the molecule is Cc1ccc(Cl)cc1Nc1ccccc1C(=O)Nc1cc(C(F)(F)F)nn1C. The molecule has 1 aromatic heterocycles. The van der Waals surface area contributed by atoms with Crippen molar-refractivity contribution >= 4 is 34.7 Å². The summed E-state index contributed by atoms with van der Waals surface area (Å²) < 4.78 is 39.4. The van der Waals surface area contributed by atoms with E-state index in [4.69, 9.17) is 11.6 Å². The van der Waals surface area contributed by atoms with E-state index in [0.717, 1.165) is 16.3 Å². The zero-order chi connectivity index (χ0) is 20.5. The largest absolute Gasteiger partial charge is 0.435 e. The van der Waals surface area contributed by atoms with E-state index in [1.54, 1.807) is 36.4 Å². The van der Waals surface area contributed by atoms with Gasteiger partial charge in [0.25, 0.3) is 5.91 Å². The van der Waals surface area contributed by atoms with Gasteiger partial charge in [-0.05, 0) is 36.8 Å². The Hall–Kier alpha value is -3.00. The van der Waals surface area contributed by atoms with Gasteiger partial charge in [0.15, 0.2) is 5.69 Å². The van der Waals surface area contributed by atoms with Gasteiger partial charge in [0.2, 0.25) is 0 Å². The Morgan fingerprint density at radius 2 is 1.82 bits per heavy atom. The number of benzene rings is 2. The molecule has 5 nitrogen and oxygen atoms in total. The van der Waals surface area contributed by atoms with Crippen molar-refractivity contribution in [2.75, 3.05) is 10.6 Å². The van der Waals surface area contributed by atoms with Crippen LogP contribution in [0.25, 0.3) is 0 Å². The Morgan fingerprint density at radius 1 is 1.11 bits per heavy atom. The minimum absolute atomic E-state index is 0.0638. The summed E-state index contributed by atoms with van der Waals surface area (Å²) in [5, 5.41) is 9.53. The summed E-state index contributed by atoms with van der Waals surface area (Å²) in [5.74, 6) is -0.634. The first kappa shape index (κ1) is 19.8. The topological polar surface area (TPSA) is 59.0 Å². The first-order valence-electron chi connectivity index (χ1n) is 8.20. The van der Waals surface area contributed by atoms with Crippen LogP contribution < -0.4 is 10.6 Å². The van der Waals surface area contributed by atoms with Gasteiger partial charge in [0, 0.05) is 23.8 Å². The average Bonchev–Trinajstić information content (AvgIpc) is 2.99. The highest BCUT2D eigenvalue weighted by Gasteiger charge is 2.34. The van der Waals surface area contributed by atoms with E-state index in [-0.39, 0.29) is 11.4 Å². The number of para-hydroxylation sites is 1. The van der Waals surface area contributed by atoms with Gasteiger partial charge < -0.3 is 10.6 Å². The van der Waals surface area contributed by atoms with Crippen LogP contribution in [-0.4, -0.2) is 15.7 Å². The Bertz CT molecular complexity index is 1030. The molecule has 0 atom stereocenters. The lowest BCUT2D eigenvalue weighted by Crippen LogP contribution is -2.16. The lowest BCUT2D eigenvalue weighted by atomic mass is 10.1. The van der Waals surface area contributed by atoms with E-state index in [2.05, 4.69) is 15.7 Å². The summed E-state index contributed by atoms with van der Waals surface area (Å²) in [7, 11) is 1.32. The van der Waals surface area contributed by atoms with Gasteiger partial charge in [-0.3, -0.25) is 9.48 Å². The predicted molar refractivity (Wildman–Crippen MR) is 102 cm³/mol. The molecule has 0 saturated carbocycles. The van der Waals surface area contributed by atoms with Gasteiger partial charge in [-0.1, -0.05) is 29.8 Å². The van der Waals surface area contributed by atoms with Gasteiger partial charge in [-0.25, -0.2) is 0 Å². The third kappa shape index (κ3) is 4.28. The lowest BCUT2D eigenvalue weighted by Gasteiger charge is -2.14. The van der Waals surface area contributed by atoms with Crippen molar-refractivity contribution < 1.29 is 18.0 Å². The van der Waals surface area contributed by atoms with Crippen molar-refractivity contribution in [2.24, 2.45) is 7.05 Å². The van der Waals surface area contributed by atoms with E-state index in [1.807, 2.05) is 13.0 Å². The second kappa shape index (κ2) is 7.55. The number of amides is 1. The van der Waals surface area contributed by atoms with Gasteiger partial charge >= 0.3 is 6.18 Å². The molecule has 0 radical (unpaired) electrons. The normalized spacial score (nSPS) is 11.4. The van der Waals surface area contributed by atoms with Crippen molar-refractivity contribution in [1.29, 1.82) is 0 Å². The van der Waals surface area contributed by atoms with Crippen LogP contribution in [0.5, 0.6) is 0 Å². The number of rotatable bonds is 4. The molecule has 2 N–H and O–H groups in total. The zero-order valence-corrected chi connectivity index (χ0v) is 15.7. The molecule has 0 fully saturated rings. The first-order chi connectivity index (χ1) is 13.1. The summed E-state index contributed by atoms with van der Waals surface area (Å²) >= 11 is 6.03. The number of aromatic nitrogens is 2. The minimum Gasteiger partial charge on any atom is -0.355 e. The maximum Gasteiger partial charge on any atom is 0.435 e. The van der Waals surface area contributed by atoms with Crippen LogP contribution in [0.2, 0.25) is 5.02 Å². The Morgan fingerprint density at radius 3 is 2.50 bits per heavy atom. The predicted octanol–water partition coefficient (Wildman–Crippen LogP) is 5.40. The Labute approximate surface area is 164 Å². The van der Waals surface area contributed by atoms with Crippen LogP contribution in [0.4, 0.5) is 30.4 Å². The van der Waals surface area contributed by atoms with Gasteiger partial charge in [0.05, 0.1) is 11.3 Å². The number of alkyl halides is 3. The number of hydrogen-bond acceptors (Lipinski definition) is 3. The number of nitrogens with zero attached hydrogens (tertiary/aromatic N) is 2. The molecular formula is C19H16ClF3N4O. The first-order valence-corrected chi connectivity index (χ1v) is 8.58. The molecule has 0 bridgehead atoms. The maximum absolute atomic E-state index is 12.8. The average molecular weight is 409 g/mol. The molecule has 0 unspecified atom stereocenters. The van der Waals surface area contributed by atoms with E-state index >= 15 is 0 Å². The molecule has 0 saturated heterocycles. The second-order valence-electron chi connectivity index (χ2n) is 6.12. The number of aryl methyl sites for hydroxylation is 2. The van der Waals surface area contributed by atoms with Crippen LogP contribution in [0, 0.1) is 6.92 Å². The highest BCUT2D eigenvalue weighted by molar-refractivity contribution is 6.30. The standard InChI is InChI=1S/C19H16ClF3N4O/c1-11-7-8-12(20)9-15(11)24-14-6-4-3-5-13(14)18(28)25-17-10-16(19(21,22)23)26-27(17)2/h3-10,24H,1-2H3,(H,25,28). The van der Waals surface area contributed by atoms with Gasteiger partial charge in [-0.2, -0.15) is 18.3 Å². The lowest BCUT2D eigenvalue weighted by molar-refractivity contribution is -0.141. The molecule has 3 rings (SSSR count). The Balaban J connectivity index is 1.88. The molecule has 146 valence electrons. The molecule has 0 aliphatic rings. The van der Waals surface area contributed by atoms with Crippen molar-refractivity contribution in [3.05, 3.63) is 70.4 Å². The molecule has 2 aromatic carbocycles.